The van der Waals surface area contributed by atoms with Crippen LogP contribution in [0.25, 0.3) is 0 Å². The molecule has 0 amide bonds. The van der Waals surface area contributed by atoms with Gasteiger partial charge in [-0.05, 0) is 44.0 Å². The van der Waals surface area contributed by atoms with E-state index in [1.54, 1.807) is 0 Å². The third-order valence-corrected chi connectivity index (χ3v) is 3.89. The first-order chi connectivity index (χ1) is 8.70. The standard InChI is InChI=1S/C15H24N2O/c1-3-17-9-8-13(10-17)14(16)11-18-15-7-5-4-6-12(15)2/h4-7,13-14H,3,8-11,16H2,1-2H3. The molecule has 0 aliphatic carbocycles. The van der Waals surface area contributed by atoms with Gasteiger partial charge in [0.1, 0.15) is 12.4 Å². The highest BCUT2D eigenvalue weighted by Gasteiger charge is 2.26. The number of rotatable bonds is 5. The van der Waals surface area contributed by atoms with Crippen LogP contribution < -0.4 is 10.5 Å². The van der Waals surface area contributed by atoms with Crippen LogP contribution >= 0.6 is 0 Å². The smallest absolute Gasteiger partial charge is 0.122 e. The van der Waals surface area contributed by atoms with Gasteiger partial charge >= 0.3 is 0 Å². The van der Waals surface area contributed by atoms with Crippen LogP contribution in [0, 0.1) is 12.8 Å². The van der Waals surface area contributed by atoms with Gasteiger partial charge in [0.25, 0.3) is 0 Å². The predicted molar refractivity (Wildman–Crippen MR) is 74.9 cm³/mol. The summed E-state index contributed by atoms with van der Waals surface area (Å²) in [5.41, 5.74) is 7.41. The van der Waals surface area contributed by atoms with Gasteiger partial charge in [0.2, 0.25) is 0 Å². The first-order valence-electron chi connectivity index (χ1n) is 6.87. The Morgan fingerprint density at radius 1 is 1.44 bits per heavy atom. The molecule has 1 aromatic carbocycles. The molecule has 1 fully saturated rings. The van der Waals surface area contributed by atoms with Crippen LogP contribution in [0.15, 0.2) is 24.3 Å². The summed E-state index contributed by atoms with van der Waals surface area (Å²) in [6, 6.07) is 8.24. The summed E-state index contributed by atoms with van der Waals surface area (Å²) in [6.07, 6.45) is 1.20. The number of nitrogens with zero attached hydrogens (tertiary/aromatic N) is 1. The summed E-state index contributed by atoms with van der Waals surface area (Å²) in [5.74, 6) is 1.53. The van der Waals surface area contributed by atoms with Crippen LogP contribution in [-0.4, -0.2) is 37.2 Å². The van der Waals surface area contributed by atoms with E-state index in [1.807, 2.05) is 18.2 Å². The van der Waals surface area contributed by atoms with Gasteiger partial charge in [0.15, 0.2) is 0 Å². The summed E-state index contributed by atoms with van der Waals surface area (Å²) in [6.45, 7) is 8.32. The number of hydrogen-bond donors (Lipinski definition) is 1. The molecule has 2 unspecified atom stereocenters. The van der Waals surface area contributed by atoms with Gasteiger partial charge in [-0.3, -0.25) is 0 Å². The van der Waals surface area contributed by atoms with Crippen molar-refractivity contribution in [2.24, 2.45) is 11.7 Å². The van der Waals surface area contributed by atoms with Crippen LogP contribution in [0.3, 0.4) is 0 Å². The van der Waals surface area contributed by atoms with Crippen molar-refractivity contribution in [1.82, 2.24) is 4.90 Å². The maximum atomic E-state index is 6.24. The van der Waals surface area contributed by atoms with E-state index in [1.165, 1.54) is 18.5 Å². The number of ether oxygens (including phenoxy) is 1. The normalized spacial score (nSPS) is 22.1. The zero-order valence-corrected chi connectivity index (χ0v) is 11.4. The molecule has 0 spiro atoms. The third-order valence-electron chi connectivity index (χ3n) is 3.89. The monoisotopic (exact) mass is 248 g/mol. The summed E-state index contributed by atoms with van der Waals surface area (Å²) < 4.78 is 5.84. The summed E-state index contributed by atoms with van der Waals surface area (Å²) in [7, 11) is 0. The molecule has 0 aromatic heterocycles. The van der Waals surface area contributed by atoms with E-state index in [9.17, 15) is 0 Å². The van der Waals surface area contributed by atoms with Crippen LogP contribution in [0.5, 0.6) is 5.75 Å². The molecule has 3 nitrogen and oxygen atoms in total. The Morgan fingerprint density at radius 3 is 2.89 bits per heavy atom. The van der Waals surface area contributed by atoms with Crippen molar-refractivity contribution in [2.45, 2.75) is 26.3 Å². The quantitative estimate of drug-likeness (QED) is 0.866. The molecular formula is C15H24N2O. The van der Waals surface area contributed by atoms with Gasteiger partial charge in [-0.25, -0.2) is 0 Å². The van der Waals surface area contributed by atoms with E-state index < -0.39 is 0 Å². The Labute approximate surface area is 110 Å². The third kappa shape index (κ3) is 3.24. The summed E-state index contributed by atoms with van der Waals surface area (Å²) in [4.78, 5) is 2.46. The lowest BCUT2D eigenvalue weighted by Crippen LogP contribution is -2.37. The van der Waals surface area contributed by atoms with Crippen LogP contribution in [0.4, 0.5) is 0 Å². The Morgan fingerprint density at radius 2 is 2.22 bits per heavy atom. The average Bonchev–Trinajstić information content (AvgIpc) is 2.86. The molecule has 2 atom stereocenters. The van der Waals surface area contributed by atoms with Crippen molar-refractivity contribution < 1.29 is 4.74 Å². The lowest BCUT2D eigenvalue weighted by molar-refractivity contribution is 0.240. The highest BCUT2D eigenvalue weighted by atomic mass is 16.5. The fourth-order valence-electron chi connectivity index (χ4n) is 2.54. The fourth-order valence-corrected chi connectivity index (χ4v) is 2.54. The van der Waals surface area contributed by atoms with Crippen molar-refractivity contribution in [2.75, 3.05) is 26.2 Å². The largest absolute Gasteiger partial charge is 0.492 e. The molecule has 0 bridgehead atoms. The molecule has 2 N–H and O–H groups in total. The van der Waals surface area contributed by atoms with E-state index in [4.69, 9.17) is 10.5 Å². The minimum atomic E-state index is 0.140. The Bertz CT molecular complexity index is 381. The number of nitrogens with two attached hydrogens (primary N) is 1. The zero-order chi connectivity index (χ0) is 13.0. The van der Waals surface area contributed by atoms with Crippen molar-refractivity contribution in [1.29, 1.82) is 0 Å². The molecule has 1 aromatic rings. The minimum absolute atomic E-state index is 0.140. The van der Waals surface area contributed by atoms with E-state index in [0.29, 0.717) is 12.5 Å². The second kappa shape index (κ2) is 6.21. The van der Waals surface area contributed by atoms with Crippen LogP contribution in [-0.2, 0) is 0 Å². The molecule has 1 aliphatic rings. The second-order valence-electron chi connectivity index (χ2n) is 5.18. The maximum absolute atomic E-state index is 6.24. The number of likely N-dealkylation sites (tertiary alicyclic amines) is 1. The van der Waals surface area contributed by atoms with Crippen LogP contribution in [0.2, 0.25) is 0 Å². The number of aryl methyl sites for hydroxylation is 1. The van der Waals surface area contributed by atoms with Gasteiger partial charge in [0, 0.05) is 12.6 Å². The van der Waals surface area contributed by atoms with Gasteiger partial charge in [-0.1, -0.05) is 25.1 Å². The average molecular weight is 248 g/mol. The number of benzene rings is 1. The molecule has 0 radical (unpaired) electrons. The lowest BCUT2D eigenvalue weighted by Gasteiger charge is -2.20. The van der Waals surface area contributed by atoms with E-state index >= 15 is 0 Å². The summed E-state index contributed by atoms with van der Waals surface area (Å²) >= 11 is 0. The number of para-hydroxylation sites is 1. The molecule has 1 aliphatic heterocycles. The van der Waals surface area contributed by atoms with Crippen molar-refractivity contribution in [3.63, 3.8) is 0 Å². The fraction of sp³-hybridized carbons (Fsp3) is 0.600. The SMILES string of the molecule is CCN1CCC(C(N)COc2ccccc2C)C1. The second-order valence-corrected chi connectivity index (χ2v) is 5.18. The molecule has 1 heterocycles. The zero-order valence-electron chi connectivity index (χ0n) is 11.4. The molecule has 2 rings (SSSR count). The molecule has 18 heavy (non-hydrogen) atoms. The Kier molecular flexibility index (Phi) is 4.61. The molecule has 100 valence electrons. The molecule has 0 saturated carbocycles. The van der Waals surface area contributed by atoms with Gasteiger partial charge in [0.05, 0.1) is 0 Å². The summed E-state index contributed by atoms with van der Waals surface area (Å²) in [5, 5.41) is 0. The predicted octanol–water partition coefficient (Wildman–Crippen LogP) is 2.04. The van der Waals surface area contributed by atoms with Crippen molar-refractivity contribution >= 4 is 0 Å². The van der Waals surface area contributed by atoms with Crippen molar-refractivity contribution in [3.05, 3.63) is 29.8 Å². The Hall–Kier alpha value is -1.06. The van der Waals surface area contributed by atoms with Gasteiger partial charge in [-0.2, -0.15) is 0 Å². The number of hydrogen-bond acceptors (Lipinski definition) is 3. The maximum Gasteiger partial charge on any atom is 0.122 e. The van der Waals surface area contributed by atoms with Crippen molar-refractivity contribution in [3.8, 4) is 5.75 Å². The van der Waals surface area contributed by atoms with Crippen LogP contribution in [0.1, 0.15) is 18.9 Å². The highest BCUT2D eigenvalue weighted by Crippen LogP contribution is 2.21. The lowest BCUT2D eigenvalue weighted by atomic mass is 10.0. The first-order valence-corrected chi connectivity index (χ1v) is 6.87. The first kappa shape index (κ1) is 13.4. The van der Waals surface area contributed by atoms with E-state index in [2.05, 4.69) is 24.8 Å². The van der Waals surface area contributed by atoms with E-state index in [0.717, 1.165) is 18.8 Å². The molecule has 3 heteroatoms. The molecular weight excluding hydrogens is 224 g/mol. The minimum Gasteiger partial charge on any atom is -0.492 e. The van der Waals surface area contributed by atoms with Gasteiger partial charge in [-0.15, -0.1) is 0 Å². The molecule has 1 saturated heterocycles. The topological polar surface area (TPSA) is 38.5 Å². The van der Waals surface area contributed by atoms with E-state index in [-0.39, 0.29) is 6.04 Å². The highest BCUT2D eigenvalue weighted by molar-refractivity contribution is 5.31. The Balaban J connectivity index is 1.82. The van der Waals surface area contributed by atoms with Gasteiger partial charge < -0.3 is 15.4 Å².